The average molecular weight is 500 g/mol. The third-order valence-electron chi connectivity index (χ3n) is 4.10. The summed E-state index contributed by atoms with van der Waals surface area (Å²) in [6.45, 7) is 0.0480. The molecule has 3 rings (SSSR count). The maximum atomic E-state index is 12.1. The van der Waals surface area contributed by atoms with E-state index in [1.807, 2.05) is 6.07 Å². The monoisotopic (exact) mass is 498 g/mol. The predicted octanol–water partition coefficient (Wildman–Crippen LogP) is 2.81. The molecule has 27 heavy (non-hydrogen) atoms. The van der Waals surface area contributed by atoms with Crippen molar-refractivity contribution in [2.75, 3.05) is 6.61 Å². The second-order valence-electron chi connectivity index (χ2n) is 5.89. The largest absolute Gasteiger partial charge is 0.459 e. The second-order valence-corrected chi connectivity index (χ2v) is 7.59. The van der Waals surface area contributed by atoms with Crippen LogP contribution in [0.2, 0.25) is 0 Å². The Morgan fingerprint density at radius 3 is 2.78 bits per heavy atom. The van der Waals surface area contributed by atoms with Gasteiger partial charge in [-0.15, -0.1) is 0 Å². The summed E-state index contributed by atoms with van der Waals surface area (Å²) in [5, 5.41) is 0. The summed E-state index contributed by atoms with van der Waals surface area (Å²) in [5.74, 6) is -0.437. The fourth-order valence-corrected chi connectivity index (χ4v) is 3.61. The van der Waals surface area contributed by atoms with Crippen LogP contribution in [0.25, 0.3) is 6.08 Å². The van der Waals surface area contributed by atoms with Crippen molar-refractivity contribution < 1.29 is 14.3 Å². The number of nitrogens with zero attached hydrogens (tertiary/aromatic N) is 1. The molecule has 1 N–H and O–H groups in total. The van der Waals surface area contributed by atoms with E-state index in [2.05, 4.69) is 36.8 Å². The van der Waals surface area contributed by atoms with E-state index >= 15 is 0 Å². The molecule has 3 atom stereocenters. The van der Waals surface area contributed by atoms with Gasteiger partial charge in [0.2, 0.25) is 0 Å². The van der Waals surface area contributed by atoms with Gasteiger partial charge in [0.1, 0.15) is 18.9 Å². The van der Waals surface area contributed by atoms with Crippen molar-refractivity contribution in [1.82, 2.24) is 9.55 Å². The topological polar surface area (TPSA) is 90.4 Å². The molecule has 0 bridgehead atoms. The Bertz CT molecular complexity index is 954. The zero-order chi connectivity index (χ0) is 19.4. The second kappa shape index (κ2) is 8.81. The van der Waals surface area contributed by atoms with Crippen molar-refractivity contribution >= 4 is 43.9 Å². The number of halogens is 2. The number of ether oxygens (including phenoxy) is 2. The number of alkyl halides is 1. The number of H-pyrrole nitrogens is 1. The molecule has 0 spiro atoms. The van der Waals surface area contributed by atoms with E-state index in [1.54, 1.807) is 24.3 Å². The van der Waals surface area contributed by atoms with Crippen LogP contribution in [-0.2, 0) is 9.47 Å². The number of esters is 1. The number of carbonyl (C=O) groups is 1. The number of nitrogens with one attached hydrogen (secondary N) is 1. The third-order valence-corrected chi connectivity index (χ3v) is 5.33. The highest BCUT2D eigenvalue weighted by molar-refractivity contribution is 9.11. The van der Waals surface area contributed by atoms with Crippen LogP contribution in [0.1, 0.15) is 28.6 Å². The minimum atomic E-state index is -0.582. The molecule has 0 amide bonds. The highest BCUT2D eigenvalue weighted by Crippen LogP contribution is 2.32. The molecule has 9 heteroatoms. The number of benzene rings is 1. The van der Waals surface area contributed by atoms with Crippen molar-refractivity contribution in [2.45, 2.75) is 23.6 Å². The van der Waals surface area contributed by atoms with E-state index in [9.17, 15) is 14.4 Å². The lowest BCUT2D eigenvalue weighted by molar-refractivity contribution is -0.0329. The van der Waals surface area contributed by atoms with Gasteiger partial charge in [0.15, 0.2) is 0 Å². The molecular weight excluding hydrogens is 484 g/mol. The van der Waals surface area contributed by atoms with Crippen LogP contribution >= 0.6 is 31.9 Å². The molecule has 1 aromatic heterocycles. The molecule has 1 aromatic carbocycles. The van der Waals surface area contributed by atoms with Crippen LogP contribution in [0.15, 0.2) is 51.1 Å². The van der Waals surface area contributed by atoms with E-state index in [1.165, 1.54) is 21.8 Å². The van der Waals surface area contributed by atoms with E-state index < -0.39 is 29.6 Å². The number of aromatic amines is 1. The lowest BCUT2D eigenvalue weighted by atomic mass is 10.2. The Balaban J connectivity index is 1.70. The molecule has 142 valence electrons. The normalized spacial score (nSPS) is 22.2. The summed E-state index contributed by atoms with van der Waals surface area (Å²) < 4.78 is 12.5. The van der Waals surface area contributed by atoms with Gasteiger partial charge in [0.05, 0.1) is 11.1 Å². The van der Waals surface area contributed by atoms with Gasteiger partial charge >= 0.3 is 11.7 Å². The van der Waals surface area contributed by atoms with Crippen molar-refractivity contribution in [3.05, 3.63) is 73.5 Å². The maximum Gasteiger partial charge on any atom is 0.338 e. The van der Waals surface area contributed by atoms with Crippen LogP contribution in [0.3, 0.4) is 0 Å². The molecule has 0 aliphatic carbocycles. The van der Waals surface area contributed by atoms with Gasteiger partial charge in [-0.1, -0.05) is 50.1 Å². The minimum Gasteiger partial charge on any atom is -0.459 e. The van der Waals surface area contributed by atoms with Crippen LogP contribution in [0, 0.1) is 0 Å². The number of rotatable bonds is 5. The molecule has 2 heterocycles. The summed E-state index contributed by atoms with van der Waals surface area (Å²) in [7, 11) is 0. The molecular formula is C18H16Br2N2O5. The first-order chi connectivity index (χ1) is 13.0. The number of carbonyl (C=O) groups excluding carboxylic acids is 1. The molecule has 1 aliphatic heterocycles. The van der Waals surface area contributed by atoms with Crippen molar-refractivity contribution in [2.24, 2.45) is 0 Å². The first kappa shape index (κ1) is 19.8. The van der Waals surface area contributed by atoms with E-state index in [0.717, 1.165) is 0 Å². The lowest BCUT2D eigenvalue weighted by Crippen LogP contribution is -2.33. The average Bonchev–Trinajstić information content (AvgIpc) is 3.03. The molecule has 0 unspecified atom stereocenters. The van der Waals surface area contributed by atoms with Crippen LogP contribution in [-0.4, -0.2) is 33.1 Å². The van der Waals surface area contributed by atoms with Gasteiger partial charge in [-0.25, -0.2) is 9.59 Å². The number of hydrogen-bond acceptors (Lipinski definition) is 5. The van der Waals surface area contributed by atoms with Gasteiger partial charge in [0.25, 0.3) is 5.56 Å². The summed E-state index contributed by atoms with van der Waals surface area (Å²) in [6.07, 6.45) is 2.46. The summed E-state index contributed by atoms with van der Waals surface area (Å²) >= 11 is 6.62. The molecule has 1 saturated heterocycles. The van der Waals surface area contributed by atoms with Crippen LogP contribution in [0.5, 0.6) is 0 Å². The van der Waals surface area contributed by atoms with Crippen LogP contribution in [0.4, 0.5) is 0 Å². The zero-order valence-corrected chi connectivity index (χ0v) is 17.2. The summed E-state index contributed by atoms with van der Waals surface area (Å²) in [6, 6.07) is 8.67. The first-order valence-electron chi connectivity index (χ1n) is 8.13. The van der Waals surface area contributed by atoms with Gasteiger partial charge in [-0.2, -0.15) is 0 Å². The van der Waals surface area contributed by atoms with Crippen molar-refractivity contribution in [3.63, 3.8) is 0 Å². The Kier molecular flexibility index (Phi) is 6.46. The Labute approximate surface area is 171 Å². The summed E-state index contributed by atoms with van der Waals surface area (Å²) in [4.78, 5) is 39.7. The molecule has 0 radical (unpaired) electrons. The van der Waals surface area contributed by atoms with E-state index in [-0.39, 0.29) is 11.4 Å². The number of aromatic nitrogens is 2. The quantitative estimate of drug-likeness (QED) is 0.504. The molecule has 1 aliphatic rings. The highest BCUT2D eigenvalue weighted by Gasteiger charge is 2.36. The third kappa shape index (κ3) is 4.66. The Hall–Kier alpha value is -1.97. The summed E-state index contributed by atoms with van der Waals surface area (Å²) in [5.41, 5.74) is -0.256. The Morgan fingerprint density at radius 2 is 2.07 bits per heavy atom. The SMILES string of the molecule is O=C(OC[C@H]1O[C@@H](n2cc(C=CBr)c(=O)[nH]c2=O)C[C@@H]1Br)c1ccccc1. The molecule has 2 aromatic rings. The predicted molar refractivity (Wildman–Crippen MR) is 107 cm³/mol. The van der Waals surface area contributed by atoms with Gasteiger partial charge in [-0.05, 0) is 23.2 Å². The van der Waals surface area contributed by atoms with Crippen molar-refractivity contribution in [1.29, 1.82) is 0 Å². The van der Waals surface area contributed by atoms with E-state index in [4.69, 9.17) is 9.47 Å². The van der Waals surface area contributed by atoms with Gasteiger partial charge in [0, 0.05) is 17.4 Å². The van der Waals surface area contributed by atoms with Crippen molar-refractivity contribution in [3.8, 4) is 0 Å². The first-order valence-corrected chi connectivity index (χ1v) is 9.96. The Morgan fingerprint density at radius 1 is 1.33 bits per heavy atom. The van der Waals surface area contributed by atoms with Gasteiger partial charge < -0.3 is 9.47 Å². The molecule has 1 fully saturated rings. The molecule has 0 saturated carbocycles. The number of hydrogen-bond donors (Lipinski definition) is 1. The fraction of sp³-hybridized carbons (Fsp3) is 0.278. The molecule has 7 nitrogen and oxygen atoms in total. The fourth-order valence-electron chi connectivity index (χ4n) is 2.73. The van der Waals surface area contributed by atoms with Gasteiger partial charge in [-0.3, -0.25) is 14.3 Å². The standard InChI is InChI=1S/C18H16Br2N2O5/c19-7-6-12-9-22(18(25)21-16(12)23)15-8-13(20)14(27-15)10-26-17(24)11-4-2-1-3-5-11/h1-7,9,13-15H,8,10H2,(H,21,23,25)/t13-,14+,15+/m0/s1. The minimum absolute atomic E-state index is 0.0480. The maximum absolute atomic E-state index is 12.1. The van der Waals surface area contributed by atoms with E-state index in [0.29, 0.717) is 17.5 Å². The lowest BCUT2D eigenvalue weighted by Gasteiger charge is -2.16. The van der Waals surface area contributed by atoms with Crippen LogP contribution < -0.4 is 11.2 Å². The highest BCUT2D eigenvalue weighted by atomic mass is 79.9. The smallest absolute Gasteiger partial charge is 0.338 e. The zero-order valence-electron chi connectivity index (χ0n) is 14.0.